The van der Waals surface area contributed by atoms with Gasteiger partial charge in [-0.05, 0) is 56.9 Å². The zero-order valence-electron chi connectivity index (χ0n) is 12.4. The van der Waals surface area contributed by atoms with Crippen LogP contribution in [0.25, 0.3) is 6.08 Å². The summed E-state index contributed by atoms with van der Waals surface area (Å²) in [7, 11) is 3.86. The van der Waals surface area contributed by atoms with E-state index in [1.807, 2.05) is 19.0 Å². The van der Waals surface area contributed by atoms with Gasteiger partial charge in [0.2, 0.25) is 5.91 Å². The second kappa shape index (κ2) is 8.19. The van der Waals surface area contributed by atoms with Gasteiger partial charge in [-0.3, -0.25) is 4.79 Å². The van der Waals surface area contributed by atoms with Crippen LogP contribution in [0.15, 0.2) is 24.3 Å². The first kappa shape index (κ1) is 18.5. The number of benzene rings is 1. The predicted octanol–water partition coefficient (Wildman–Crippen LogP) is 3.44. The summed E-state index contributed by atoms with van der Waals surface area (Å²) in [5, 5.41) is 2.81. The van der Waals surface area contributed by atoms with Crippen LogP contribution in [0.2, 0.25) is 5.02 Å². The third-order valence-electron chi connectivity index (χ3n) is 2.82. The Hall–Kier alpha value is -1.53. The van der Waals surface area contributed by atoms with Gasteiger partial charge in [0.1, 0.15) is 0 Å². The van der Waals surface area contributed by atoms with E-state index < -0.39 is 11.7 Å². The van der Waals surface area contributed by atoms with E-state index in [0.29, 0.717) is 6.54 Å². The van der Waals surface area contributed by atoms with Crippen LogP contribution in [0.3, 0.4) is 0 Å². The minimum Gasteiger partial charge on any atom is -0.353 e. The average Bonchev–Trinajstić information content (AvgIpc) is 2.41. The Bertz CT molecular complexity index is 542. The van der Waals surface area contributed by atoms with E-state index in [1.165, 1.54) is 18.2 Å². The van der Waals surface area contributed by atoms with Crippen LogP contribution in [0.4, 0.5) is 13.2 Å². The van der Waals surface area contributed by atoms with Gasteiger partial charge in [-0.15, -0.1) is 0 Å². The quantitative estimate of drug-likeness (QED) is 0.638. The normalized spacial score (nSPS) is 12.1. The van der Waals surface area contributed by atoms with E-state index in [0.717, 1.165) is 25.1 Å². The number of carbonyl (C=O) groups excluding carboxylic acids is 1. The lowest BCUT2D eigenvalue weighted by molar-refractivity contribution is -0.137. The monoisotopic (exact) mass is 334 g/mol. The van der Waals surface area contributed by atoms with Crippen molar-refractivity contribution in [3.05, 3.63) is 40.4 Å². The van der Waals surface area contributed by atoms with Crippen molar-refractivity contribution in [3.63, 3.8) is 0 Å². The summed E-state index contributed by atoms with van der Waals surface area (Å²) in [5.74, 6) is -0.368. The van der Waals surface area contributed by atoms with Crippen LogP contribution in [0, 0.1) is 0 Å². The van der Waals surface area contributed by atoms with Gasteiger partial charge in [-0.25, -0.2) is 0 Å². The lowest BCUT2D eigenvalue weighted by Gasteiger charge is -2.09. The highest BCUT2D eigenvalue weighted by atomic mass is 35.5. The lowest BCUT2D eigenvalue weighted by Crippen LogP contribution is -2.25. The average molecular weight is 335 g/mol. The highest BCUT2D eigenvalue weighted by Crippen LogP contribution is 2.32. The number of nitrogens with one attached hydrogen (secondary N) is 1. The second-order valence-electron chi connectivity index (χ2n) is 5.02. The smallest absolute Gasteiger partial charge is 0.353 e. The number of amides is 1. The standard InChI is InChI=1S/C15H18ClF3N2O/c1-21(2)9-3-8-20-14(22)7-4-11-10-12(15(17,18)19)5-6-13(11)16/h4-7,10H,3,8-9H2,1-2H3,(H,20,22)/b7-4+. The van der Waals surface area contributed by atoms with Gasteiger partial charge in [-0.2, -0.15) is 13.2 Å². The van der Waals surface area contributed by atoms with Gasteiger partial charge in [0.15, 0.2) is 0 Å². The van der Waals surface area contributed by atoms with Crippen molar-refractivity contribution >= 4 is 23.6 Å². The van der Waals surface area contributed by atoms with E-state index in [1.54, 1.807) is 0 Å². The Kier molecular flexibility index (Phi) is 6.90. The minimum absolute atomic E-state index is 0.153. The van der Waals surface area contributed by atoms with Crippen LogP contribution in [-0.2, 0) is 11.0 Å². The van der Waals surface area contributed by atoms with Gasteiger partial charge in [0.25, 0.3) is 0 Å². The van der Waals surface area contributed by atoms with Crippen LogP contribution < -0.4 is 5.32 Å². The molecule has 122 valence electrons. The molecule has 1 rings (SSSR count). The van der Waals surface area contributed by atoms with E-state index in [2.05, 4.69) is 5.32 Å². The topological polar surface area (TPSA) is 32.3 Å². The molecule has 0 saturated carbocycles. The fraction of sp³-hybridized carbons (Fsp3) is 0.400. The lowest BCUT2D eigenvalue weighted by atomic mass is 10.1. The fourth-order valence-corrected chi connectivity index (χ4v) is 1.86. The first-order valence-electron chi connectivity index (χ1n) is 6.67. The van der Waals surface area contributed by atoms with E-state index in [-0.39, 0.29) is 16.5 Å². The van der Waals surface area contributed by atoms with Gasteiger partial charge in [-0.1, -0.05) is 11.6 Å². The van der Waals surface area contributed by atoms with Gasteiger partial charge < -0.3 is 10.2 Å². The third kappa shape index (κ3) is 6.49. The number of nitrogens with zero attached hydrogens (tertiary/aromatic N) is 1. The largest absolute Gasteiger partial charge is 0.416 e. The van der Waals surface area contributed by atoms with Crippen LogP contribution in [0.5, 0.6) is 0 Å². The molecule has 0 fully saturated rings. The van der Waals surface area contributed by atoms with Gasteiger partial charge in [0, 0.05) is 17.6 Å². The minimum atomic E-state index is -4.44. The first-order chi connectivity index (χ1) is 10.2. The maximum atomic E-state index is 12.6. The molecule has 22 heavy (non-hydrogen) atoms. The van der Waals surface area contributed by atoms with E-state index >= 15 is 0 Å². The Morgan fingerprint density at radius 2 is 2.05 bits per heavy atom. The van der Waals surface area contributed by atoms with Crippen molar-refractivity contribution in [1.29, 1.82) is 0 Å². The molecule has 0 aliphatic heterocycles. The molecule has 7 heteroatoms. The molecule has 1 N–H and O–H groups in total. The molecule has 0 radical (unpaired) electrons. The van der Waals surface area contributed by atoms with E-state index in [9.17, 15) is 18.0 Å². The predicted molar refractivity (Wildman–Crippen MR) is 81.7 cm³/mol. The van der Waals surface area contributed by atoms with Crippen LogP contribution in [0.1, 0.15) is 17.5 Å². The number of hydrogen-bond donors (Lipinski definition) is 1. The molecule has 0 heterocycles. The van der Waals surface area contributed by atoms with Crippen molar-refractivity contribution < 1.29 is 18.0 Å². The number of carbonyl (C=O) groups is 1. The molecular formula is C15H18ClF3N2O. The molecule has 1 aromatic carbocycles. The zero-order chi connectivity index (χ0) is 16.8. The van der Waals surface area contributed by atoms with E-state index in [4.69, 9.17) is 11.6 Å². The summed E-state index contributed by atoms with van der Waals surface area (Å²) in [4.78, 5) is 13.6. The summed E-state index contributed by atoms with van der Waals surface area (Å²) >= 11 is 5.84. The molecule has 0 bridgehead atoms. The van der Waals surface area contributed by atoms with Crippen LogP contribution >= 0.6 is 11.6 Å². The Balaban J connectivity index is 2.63. The third-order valence-corrected chi connectivity index (χ3v) is 3.16. The van der Waals surface area contributed by atoms with Crippen molar-refractivity contribution in [3.8, 4) is 0 Å². The summed E-state index contributed by atoms with van der Waals surface area (Å²) in [6.45, 7) is 1.33. The summed E-state index contributed by atoms with van der Waals surface area (Å²) < 4.78 is 37.9. The molecular weight excluding hydrogens is 317 g/mol. The van der Waals surface area contributed by atoms with Crippen LogP contribution in [-0.4, -0.2) is 38.0 Å². The van der Waals surface area contributed by atoms with Crippen molar-refractivity contribution in [2.75, 3.05) is 27.2 Å². The number of alkyl halides is 3. The Labute approximate surface area is 132 Å². The molecule has 0 aliphatic carbocycles. The molecule has 1 amide bonds. The second-order valence-corrected chi connectivity index (χ2v) is 5.42. The van der Waals surface area contributed by atoms with Gasteiger partial charge in [0.05, 0.1) is 5.56 Å². The maximum Gasteiger partial charge on any atom is 0.416 e. The first-order valence-corrected chi connectivity index (χ1v) is 7.05. The number of hydrogen-bond acceptors (Lipinski definition) is 2. The fourth-order valence-electron chi connectivity index (χ4n) is 1.68. The summed E-state index contributed by atoms with van der Waals surface area (Å²) in [5.41, 5.74) is -0.650. The molecule has 0 saturated heterocycles. The number of rotatable bonds is 6. The maximum absolute atomic E-state index is 12.6. The van der Waals surface area contributed by atoms with Gasteiger partial charge >= 0.3 is 6.18 Å². The highest BCUT2D eigenvalue weighted by Gasteiger charge is 2.30. The molecule has 0 spiro atoms. The Morgan fingerprint density at radius 1 is 1.36 bits per heavy atom. The van der Waals surface area contributed by atoms with Crippen molar-refractivity contribution in [2.24, 2.45) is 0 Å². The molecule has 1 aromatic rings. The molecule has 3 nitrogen and oxygen atoms in total. The number of halogens is 4. The zero-order valence-corrected chi connectivity index (χ0v) is 13.1. The van der Waals surface area contributed by atoms with Crippen molar-refractivity contribution in [1.82, 2.24) is 10.2 Å². The van der Waals surface area contributed by atoms with Crippen molar-refractivity contribution in [2.45, 2.75) is 12.6 Å². The summed E-state index contributed by atoms with van der Waals surface area (Å²) in [6, 6.07) is 2.98. The SMILES string of the molecule is CN(C)CCCNC(=O)/C=C/c1cc(C(F)(F)F)ccc1Cl. The molecule has 0 aromatic heterocycles. The molecule has 0 aliphatic rings. The molecule has 0 atom stereocenters. The Morgan fingerprint density at radius 3 is 2.64 bits per heavy atom. The molecule has 0 unspecified atom stereocenters. The summed E-state index contributed by atoms with van der Waals surface area (Å²) in [6.07, 6.45) is -1.20. The highest BCUT2D eigenvalue weighted by molar-refractivity contribution is 6.32.